The maximum absolute atomic E-state index is 10.6. The maximum atomic E-state index is 10.6. The number of fused-ring (bicyclic) bond motifs is 1. The zero-order valence-electron chi connectivity index (χ0n) is 21.4. The van der Waals surface area contributed by atoms with Crippen molar-refractivity contribution in [3.8, 4) is 17.1 Å². The molecule has 1 atom stereocenters. The van der Waals surface area contributed by atoms with E-state index in [0.717, 1.165) is 53.0 Å². The van der Waals surface area contributed by atoms with Crippen LogP contribution in [0.2, 0.25) is 0 Å². The van der Waals surface area contributed by atoms with E-state index >= 15 is 0 Å². The van der Waals surface area contributed by atoms with Gasteiger partial charge >= 0.3 is 24.3 Å². The molecule has 42 heavy (non-hydrogen) atoms. The Bertz CT molecular complexity index is 1290. The monoisotopic (exact) mass is 674 g/mol. The molecule has 0 spiro atoms. The highest BCUT2D eigenvalue weighted by molar-refractivity contribution is 9.10. The van der Waals surface area contributed by atoms with E-state index in [1.807, 2.05) is 30.3 Å². The van der Waals surface area contributed by atoms with E-state index < -0.39 is 30.4 Å². The van der Waals surface area contributed by atoms with Gasteiger partial charge in [0.15, 0.2) is 5.65 Å². The number of piperidine rings is 1. The molecule has 0 aliphatic carbocycles. The van der Waals surface area contributed by atoms with E-state index in [9.17, 15) is 36.6 Å². The van der Waals surface area contributed by atoms with Gasteiger partial charge in [-0.3, -0.25) is 0 Å². The number of halogens is 7. The second-order valence-corrected chi connectivity index (χ2v) is 9.65. The van der Waals surface area contributed by atoms with Crippen LogP contribution in [0.1, 0.15) is 12.8 Å². The number of nitrogens with one attached hydrogen (secondary N) is 1. The minimum Gasteiger partial charge on any atom is -0.491 e. The zero-order valence-corrected chi connectivity index (χ0v) is 22.9. The predicted octanol–water partition coefficient (Wildman–Crippen LogP) is 3.85. The molecule has 1 aliphatic rings. The Kier molecular flexibility index (Phi) is 12.5. The fourth-order valence-electron chi connectivity index (χ4n) is 3.36. The molecular weight excluding hydrogens is 650 g/mol. The van der Waals surface area contributed by atoms with Crippen LogP contribution in [0.5, 0.6) is 5.75 Å². The number of carboxylic acid groups (broad SMARTS) is 2. The van der Waals surface area contributed by atoms with Crippen LogP contribution >= 0.6 is 15.9 Å². The summed E-state index contributed by atoms with van der Waals surface area (Å²) < 4.78 is 70.1. The predicted molar refractivity (Wildman–Crippen MR) is 138 cm³/mol. The van der Waals surface area contributed by atoms with E-state index in [4.69, 9.17) is 24.5 Å². The molecule has 232 valence electrons. The fraction of sp³-hybridized carbons (Fsp3) is 0.417. The number of alkyl halides is 6. The average Bonchev–Trinajstić information content (AvgIpc) is 3.32. The van der Waals surface area contributed by atoms with Crippen LogP contribution in [-0.4, -0.2) is 103 Å². The molecule has 0 saturated carbocycles. The van der Waals surface area contributed by atoms with Crippen LogP contribution in [0.4, 0.5) is 26.3 Å². The first-order valence-corrected chi connectivity index (χ1v) is 12.7. The number of hydrogen-bond acceptors (Lipinski definition) is 8. The summed E-state index contributed by atoms with van der Waals surface area (Å²) in [6.07, 6.45) is -7.66. The van der Waals surface area contributed by atoms with E-state index in [-0.39, 0.29) is 12.7 Å². The van der Waals surface area contributed by atoms with Crippen molar-refractivity contribution >= 4 is 39.0 Å². The Morgan fingerprint density at radius 1 is 1.05 bits per heavy atom. The molecule has 0 amide bonds. The Balaban J connectivity index is 0.000000367. The highest BCUT2D eigenvalue weighted by Gasteiger charge is 2.38. The standard InChI is InChI=1S/C20H23BrN4O3.2C2HF3O2/c21-14-9-18-20(22-10-14)24-19(23-18)13-1-3-17(4-2-13)28-12-16(27)11-25-7-5-15(26)6-8-25;2*3-2(4,5)1(6)7/h1-4,9-10,15-16,26-27H,5-8,11-12H2,(H,22,23,24);2*(H,6,7). The lowest BCUT2D eigenvalue weighted by Crippen LogP contribution is -2.41. The molecule has 5 N–H and O–H groups in total. The van der Waals surface area contributed by atoms with Gasteiger partial charge in [0.25, 0.3) is 0 Å². The molecule has 0 radical (unpaired) electrons. The number of imidazole rings is 1. The lowest BCUT2D eigenvalue weighted by molar-refractivity contribution is -0.193. The van der Waals surface area contributed by atoms with Crippen LogP contribution in [0, 0.1) is 0 Å². The van der Waals surface area contributed by atoms with Crippen molar-refractivity contribution in [3.05, 3.63) is 41.0 Å². The largest absolute Gasteiger partial charge is 0.491 e. The van der Waals surface area contributed by atoms with Gasteiger partial charge in [0.1, 0.15) is 29.8 Å². The highest BCUT2D eigenvalue weighted by Crippen LogP contribution is 2.24. The highest BCUT2D eigenvalue weighted by atomic mass is 79.9. The molecule has 1 fully saturated rings. The van der Waals surface area contributed by atoms with Gasteiger partial charge in [0, 0.05) is 35.9 Å². The molecule has 3 aromatic rings. The van der Waals surface area contributed by atoms with Gasteiger partial charge in [-0.2, -0.15) is 26.3 Å². The molecule has 1 saturated heterocycles. The normalized spacial score (nSPS) is 15.2. The molecule has 2 aromatic heterocycles. The fourth-order valence-corrected chi connectivity index (χ4v) is 3.68. The third-order valence-electron chi connectivity index (χ3n) is 5.38. The summed E-state index contributed by atoms with van der Waals surface area (Å²) in [4.78, 5) is 32.0. The van der Waals surface area contributed by atoms with Crippen molar-refractivity contribution < 1.29 is 61.1 Å². The lowest BCUT2D eigenvalue weighted by atomic mass is 10.1. The van der Waals surface area contributed by atoms with Crippen molar-refractivity contribution in [3.63, 3.8) is 0 Å². The topological polar surface area (TPSA) is 169 Å². The zero-order chi connectivity index (χ0) is 31.7. The SMILES string of the molecule is O=C(O)C(F)(F)F.O=C(O)C(F)(F)F.OC1CCN(CC(O)COc2ccc(-c3nc4cc(Br)cnc4[nH]3)cc2)CC1. The van der Waals surface area contributed by atoms with Gasteiger partial charge in [-0.1, -0.05) is 0 Å². The average molecular weight is 675 g/mol. The van der Waals surface area contributed by atoms with Crippen LogP contribution in [0.3, 0.4) is 0 Å². The number of likely N-dealkylation sites (tertiary alicyclic amines) is 1. The minimum absolute atomic E-state index is 0.202. The molecule has 3 heterocycles. The molecule has 1 aromatic carbocycles. The van der Waals surface area contributed by atoms with Crippen molar-refractivity contribution in [1.82, 2.24) is 19.9 Å². The number of rotatable bonds is 6. The van der Waals surface area contributed by atoms with E-state index in [0.29, 0.717) is 12.3 Å². The number of benzene rings is 1. The number of aliphatic hydroxyl groups is 2. The number of aliphatic carboxylic acids is 2. The summed E-state index contributed by atoms with van der Waals surface area (Å²) in [5.74, 6) is -4.06. The quantitative estimate of drug-likeness (QED) is 0.242. The van der Waals surface area contributed by atoms with Gasteiger partial charge in [0.2, 0.25) is 0 Å². The van der Waals surface area contributed by atoms with Gasteiger partial charge in [-0.05, 0) is 59.1 Å². The third-order valence-corrected chi connectivity index (χ3v) is 5.82. The molecule has 11 nitrogen and oxygen atoms in total. The maximum Gasteiger partial charge on any atom is 0.490 e. The van der Waals surface area contributed by atoms with Crippen LogP contribution in [0.15, 0.2) is 41.0 Å². The lowest BCUT2D eigenvalue weighted by Gasteiger charge is -2.30. The third kappa shape index (κ3) is 11.8. The number of carboxylic acids is 2. The minimum atomic E-state index is -5.08. The second-order valence-electron chi connectivity index (χ2n) is 8.73. The summed E-state index contributed by atoms with van der Waals surface area (Å²) in [5.41, 5.74) is 2.49. The number of ether oxygens (including phenoxy) is 1. The number of aromatic nitrogens is 3. The Morgan fingerprint density at radius 2 is 1.57 bits per heavy atom. The first kappa shape index (κ1) is 34.7. The molecule has 4 rings (SSSR count). The number of H-pyrrole nitrogens is 1. The Morgan fingerprint density at radius 3 is 2.07 bits per heavy atom. The van der Waals surface area contributed by atoms with Gasteiger partial charge < -0.3 is 35.0 Å². The van der Waals surface area contributed by atoms with Gasteiger partial charge in [-0.25, -0.2) is 19.6 Å². The first-order valence-electron chi connectivity index (χ1n) is 11.9. The molecule has 1 aliphatic heterocycles. The Labute approximate surface area is 241 Å². The van der Waals surface area contributed by atoms with Gasteiger partial charge in [0.05, 0.1) is 6.10 Å². The number of hydrogen-bond donors (Lipinski definition) is 5. The first-order chi connectivity index (χ1) is 19.5. The van der Waals surface area contributed by atoms with E-state index in [2.05, 4.69) is 35.8 Å². The van der Waals surface area contributed by atoms with E-state index in [1.54, 1.807) is 6.20 Å². The van der Waals surface area contributed by atoms with Crippen LogP contribution in [0.25, 0.3) is 22.6 Å². The van der Waals surface area contributed by atoms with Crippen LogP contribution < -0.4 is 4.74 Å². The van der Waals surface area contributed by atoms with Gasteiger partial charge in [-0.15, -0.1) is 0 Å². The summed E-state index contributed by atoms with van der Waals surface area (Å²) >= 11 is 3.40. The number of aromatic amines is 1. The van der Waals surface area contributed by atoms with Crippen molar-refractivity contribution in [2.45, 2.75) is 37.4 Å². The Hall–Kier alpha value is -3.48. The molecular formula is C24H25BrF6N4O7. The summed E-state index contributed by atoms with van der Waals surface area (Å²) in [6.45, 7) is 2.43. The summed E-state index contributed by atoms with van der Waals surface area (Å²) in [5, 5.41) is 34.0. The van der Waals surface area contributed by atoms with E-state index in [1.165, 1.54) is 0 Å². The van der Waals surface area contributed by atoms with Crippen molar-refractivity contribution in [2.24, 2.45) is 0 Å². The van der Waals surface area contributed by atoms with Crippen molar-refractivity contribution in [2.75, 3.05) is 26.2 Å². The molecule has 18 heteroatoms. The summed E-state index contributed by atoms with van der Waals surface area (Å²) in [7, 11) is 0. The molecule has 1 unspecified atom stereocenters. The number of β-amino-alcohol motifs (C(OH)–C–C–N with tert-alkyl or cyclic N) is 1. The second kappa shape index (κ2) is 15.1. The van der Waals surface area contributed by atoms with Crippen LogP contribution in [-0.2, 0) is 9.59 Å². The number of carbonyl (C=O) groups is 2. The molecule has 0 bridgehead atoms. The summed E-state index contributed by atoms with van der Waals surface area (Å²) in [6, 6.07) is 9.52. The smallest absolute Gasteiger partial charge is 0.490 e. The number of pyridine rings is 1. The van der Waals surface area contributed by atoms with Crippen molar-refractivity contribution in [1.29, 1.82) is 0 Å². The number of nitrogens with zero attached hydrogens (tertiary/aromatic N) is 3. The number of aliphatic hydroxyl groups excluding tert-OH is 2.